The summed E-state index contributed by atoms with van der Waals surface area (Å²) in [6, 6.07) is 0. The third-order valence-electron chi connectivity index (χ3n) is 10.8. The smallest absolute Gasteiger partial charge is 0.0577 e. The first-order valence-corrected chi connectivity index (χ1v) is 13.2. The number of aliphatic hydroxyl groups is 1. The molecule has 4 aliphatic rings. The van der Waals surface area contributed by atoms with Gasteiger partial charge >= 0.3 is 0 Å². The van der Waals surface area contributed by atoms with Gasteiger partial charge in [-0.1, -0.05) is 57.9 Å². The molecule has 1 nitrogen and oxygen atoms in total. The van der Waals surface area contributed by atoms with Gasteiger partial charge in [-0.05, 0) is 117 Å². The van der Waals surface area contributed by atoms with Crippen LogP contribution in [0.15, 0.2) is 23.3 Å². The predicted octanol–water partition coefficient (Wildman–Crippen LogP) is 7.94. The Labute approximate surface area is 186 Å². The number of hydrogen-bond acceptors (Lipinski definition) is 1. The van der Waals surface area contributed by atoms with E-state index in [-0.39, 0.29) is 6.10 Å². The topological polar surface area (TPSA) is 20.2 Å². The highest BCUT2D eigenvalue weighted by Crippen LogP contribution is 2.67. The molecule has 0 aromatic carbocycles. The van der Waals surface area contributed by atoms with Gasteiger partial charge < -0.3 is 5.11 Å². The van der Waals surface area contributed by atoms with E-state index in [0.29, 0.717) is 16.7 Å². The molecule has 0 saturated heterocycles. The molecular weight excluding hydrogens is 364 g/mol. The zero-order valence-corrected chi connectivity index (χ0v) is 20.7. The molecule has 0 amide bonds. The highest BCUT2D eigenvalue weighted by Gasteiger charge is 2.59. The quantitative estimate of drug-likeness (QED) is 0.454. The van der Waals surface area contributed by atoms with Crippen LogP contribution in [0, 0.1) is 46.3 Å². The number of allylic oxidation sites excluding steroid dienone is 3. The summed E-state index contributed by atoms with van der Waals surface area (Å²) < 4.78 is 0. The van der Waals surface area contributed by atoms with Crippen molar-refractivity contribution in [1.82, 2.24) is 0 Å². The maximum Gasteiger partial charge on any atom is 0.0577 e. The average molecular weight is 413 g/mol. The molecule has 3 fully saturated rings. The maximum absolute atomic E-state index is 10.2. The first-order chi connectivity index (χ1) is 14.2. The monoisotopic (exact) mass is 412 g/mol. The summed E-state index contributed by atoms with van der Waals surface area (Å²) in [7, 11) is 0. The summed E-state index contributed by atoms with van der Waals surface area (Å²) in [6.07, 6.45) is 17.8. The zero-order chi connectivity index (χ0) is 21.7. The lowest BCUT2D eigenvalue weighted by Crippen LogP contribution is -2.50. The molecule has 8 atom stereocenters. The van der Waals surface area contributed by atoms with E-state index in [4.69, 9.17) is 0 Å². The Hall–Kier alpha value is -0.560. The lowest BCUT2D eigenvalue weighted by molar-refractivity contribution is -0.0571. The van der Waals surface area contributed by atoms with E-state index in [0.717, 1.165) is 42.4 Å². The lowest BCUT2D eigenvalue weighted by Gasteiger charge is -2.58. The second-order valence-electron chi connectivity index (χ2n) is 12.4. The fourth-order valence-corrected chi connectivity index (χ4v) is 8.98. The number of rotatable bonds is 5. The first kappa shape index (κ1) is 22.6. The summed E-state index contributed by atoms with van der Waals surface area (Å²) >= 11 is 0. The van der Waals surface area contributed by atoms with E-state index < -0.39 is 0 Å². The molecule has 4 aliphatic carbocycles. The highest BCUT2D eigenvalue weighted by atomic mass is 16.3. The Morgan fingerprint density at radius 2 is 1.87 bits per heavy atom. The van der Waals surface area contributed by atoms with Crippen molar-refractivity contribution >= 4 is 0 Å². The molecule has 170 valence electrons. The molecule has 4 rings (SSSR count). The minimum Gasteiger partial charge on any atom is -0.393 e. The molecule has 0 spiro atoms. The van der Waals surface area contributed by atoms with Crippen LogP contribution in [0.5, 0.6) is 0 Å². The number of aliphatic hydroxyl groups excluding tert-OH is 1. The lowest BCUT2D eigenvalue weighted by atomic mass is 9.47. The molecule has 3 saturated carbocycles. The molecule has 0 radical (unpaired) electrons. The van der Waals surface area contributed by atoms with Gasteiger partial charge in [-0.15, -0.1) is 0 Å². The van der Waals surface area contributed by atoms with Crippen LogP contribution in [-0.2, 0) is 0 Å². The van der Waals surface area contributed by atoms with E-state index in [2.05, 4.69) is 53.7 Å². The third kappa shape index (κ3) is 3.66. The van der Waals surface area contributed by atoms with Gasteiger partial charge in [0.1, 0.15) is 0 Å². The Bertz CT molecular complexity index is 686. The standard InChI is InChI=1S/C29H48O/c1-7-21(19(2)3)9-8-20(4)25-12-13-26-24-11-10-22-18-23(30)14-16-28(22,5)27(24)15-17-29(25,26)6/h7,10,19-20,23-27,30H,8-9,11-18H2,1-6H3/b21-7+/t20-,23+,24-,25+,26+,27-,28+,29-/m1/s1. The van der Waals surface area contributed by atoms with Gasteiger partial charge in [-0.2, -0.15) is 0 Å². The Kier molecular flexibility index (Phi) is 6.35. The Morgan fingerprint density at radius 3 is 2.57 bits per heavy atom. The van der Waals surface area contributed by atoms with Crippen LogP contribution in [0.4, 0.5) is 0 Å². The van der Waals surface area contributed by atoms with Crippen molar-refractivity contribution in [3.8, 4) is 0 Å². The van der Waals surface area contributed by atoms with Crippen LogP contribution in [0.25, 0.3) is 0 Å². The van der Waals surface area contributed by atoms with Crippen LogP contribution in [0.2, 0.25) is 0 Å². The predicted molar refractivity (Wildman–Crippen MR) is 128 cm³/mol. The van der Waals surface area contributed by atoms with E-state index in [1.165, 1.54) is 51.4 Å². The maximum atomic E-state index is 10.2. The molecular formula is C29H48O. The van der Waals surface area contributed by atoms with Crippen molar-refractivity contribution in [2.45, 2.75) is 112 Å². The van der Waals surface area contributed by atoms with Crippen molar-refractivity contribution < 1.29 is 5.11 Å². The van der Waals surface area contributed by atoms with Gasteiger partial charge in [-0.25, -0.2) is 0 Å². The highest BCUT2D eigenvalue weighted by molar-refractivity contribution is 5.25. The molecule has 0 bridgehead atoms. The van der Waals surface area contributed by atoms with Crippen LogP contribution in [0.3, 0.4) is 0 Å². The summed E-state index contributed by atoms with van der Waals surface area (Å²) in [6.45, 7) is 14.7. The zero-order valence-electron chi connectivity index (χ0n) is 20.7. The minimum absolute atomic E-state index is 0.0839. The summed E-state index contributed by atoms with van der Waals surface area (Å²) in [5.74, 6) is 5.15. The van der Waals surface area contributed by atoms with Gasteiger partial charge in [0.15, 0.2) is 0 Å². The van der Waals surface area contributed by atoms with Gasteiger partial charge in [0.05, 0.1) is 6.10 Å². The molecule has 0 heterocycles. The summed E-state index contributed by atoms with van der Waals surface area (Å²) in [4.78, 5) is 0. The summed E-state index contributed by atoms with van der Waals surface area (Å²) in [5.41, 5.74) is 4.21. The molecule has 0 aromatic heterocycles. The fourth-order valence-electron chi connectivity index (χ4n) is 8.98. The van der Waals surface area contributed by atoms with Crippen molar-refractivity contribution in [2.24, 2.45) is 46.3 Å². The molecule has 1 N–H and O–H groups in total. The first-order valence-electron chi connectivity index (χ1n) is 13.2. The summed E-state index contributed by atoms with van der Waals surface area (Å²) in [5, 5.41) is 10.2. The van der Waals surface area contributed by atoms with Crippen LogP contribution in [-0.4, -0.2) is 11.2 Å². The van der Waals surface area contributed by atoms with Crippen molar-refractivity contribution in [1.29, 1.82) is 0 Å². The second-order valence-corrected chi connectivity index (χ2v) is 12.4. The van der Waals surface area contributed by atoms with E-state index in [1.54, 1.807) is 11.1 Å². The largest absolute Gasteiger partial charge is 0.393 e. The van der Waals surface area contributed by atoms with Crippen LogP contribution >= 0.6 is 0 Å². The van der Waals surface area contributed by atoms with E-state index in [1.807, 2.05) is 0 Å². The third-order valence-corrected chi connectivity index (χ3v) is 10.8. The van der Waals surface area contributed by atoms with Gasteiger partial charge in [0.2, 0.25) is 0 Å². The van der Waals surface area contributed by atoms with Gasteiger partial charge in [0.25, 0.3) is 0 Å². The molecule has 0 aromatic rings. The Morgan fingerprint density at radius 1 is 1.10 bits per heavy atom. The SMILES string of the molecule is C/C=C(\CC[C@@H](C)[C@@H]1CC[C@H]2[C@H]3CC=C4C[C@@H](O)CC[C@]4(C)[C@@H]3CC[C@@]21C)C(C)C. The molecule has 30 heavy (non-hydrogen) atoms. The number of fused-ring (bicyclic) bond motifs is 5. The molecule has 0 aliphatic heterocycles. The molecule has 1 heteroatoms. The van der Waals surface area contributed by atoms with Crippen LogP contribution in [0.1, 0.15) is 106 Å². The number of hydrogen-bond donors (Lipinski definition) is 1. The van der Waals surface area contributed by atoms with Crippen LogP contribution < -0.4 is 0 Å². The fraction of sp³-hybridized carbons (Fsp3) is 0.862. The normalized spacial score (nSPS) is 44.9. The average Bonchev–Trinajstić information content (AvgIpc) is 3.06. The van der Waals surface area contributed by atoms with Gasteiger partial charge in [-0.3, -0.25) is 0 Å². The second kappa shape index (κ2) is 8.42. The van der Waals surface area contributed by atoms with Gasteiger partial charge in [0, 0.05) is 0 Å². The Balaban J connectivity index is 1.49. The van der Waals surface area contributed by atoms with Crippen molar-refractivity contribution in [3.63, 3.8) is 0 Å². The van der Waals surface area contributed by atoms with E-state index >= 15 is 0 Å². The molecule has 0 unspecified atom stereocenters. The van der Waals surface area contributed by atoms with Crippen molar-refractivity contribution in [2.75, 3.05) is 0 Å². The van der Waals surface area contributed by atoms with E-state index in [9.17, 15) is 5.11 Å². The van der Waals surface area contributed by atoms with Crippen molar-refractivity contribution in [3.05, 3.63) is 23.3 Å². The minimum atomic E-state index is -0.0839.